The van der Waals surface area contributed by atoms with Crippen LogP contribution in [0.4, 0.5) is 5.69 Å². The van der Waals surface area contributed by atoms with Crippen LogP contribution < -0.4 is 10.6 Å². The van der Waals surface area contributed by atoms with Gasteiger partial charge in [0, 0.05) is 24.8 Å². The van der Waals surface area contributed by atoms with Gasteiger partial charge in [0.15, 0.2) is 0 Å². The van der Waals surface area contributed by atoms with Crippen LogP contribution in [0.1, 0.15) is 31.7 Å². The first kappa shape index (κ1) is 15.8. The Hall–Kier alpha value is -1.55. The molecule has 1 aliphatic rings. The molecule has 116 valence electrons. The Bertz CT molecular complexity index is 454. The molecule has 0 saturated heterocycles. The molecule has 0 aromatic heterocycles. The summed E-state index contributed by atoms with van der Waals surface area (Å²) in [6.07, 6.45) is 3.22. The average Bonchev–Trinajstić information content (AvgIpc) is 3.30. The second-order valence-electron chi connectivity index (χ2n) is 5.81. The summed E-state index contributed by atoms with van der Waals surface area (Å²) in [5.74, 6) is 0.234. The van der Waals surface area contributed by atoms with Crippen LogP contribution in [0.3, 0.4) is 0 Å². The number of hydrogen-bond donors (Lipinski definition) is 1. The van der Waals surface area contributed by atoms with Gasteiger partial charge in [-0.2, -0.15) is 0 Å². The SMILES string of the molecule is CCN(C(=O)CN(CCCN)c1ccc(C)cc1)C1CC1. The summed E-state index contributed by atoms with van der Waals surface area (Å²) < 4.78 is 0. The smallest absolute Gasteiger partial charge is 0.242 e. The van der Waals surface area contributed by atoms with Crippen LogP contribution in [0.5, 0.6) is 0 Å². The third-order valence-electron chi connectivity index (χ3n) is 4.01. The minimum absolute atomic E-state index is 0.234. The van der Waals surface area contributed by atoms with E-state index in [1.807, 2.05) is 4.90 Å². The molecule has 2 rings (SSSR count). The van der Waals surface area contributed by atoms with Gasteiger partial charge in [0.2, 0.25) is 5.91 Å². The van der Waals surface area contributed by atoms with Crippen molar-refractivity contribution in [1.29, 1.82) is 0 Å². The number of anilines is 1. The fourth-order valence-electron chi connectivity index (χ4n) is 2.62. The number of benzene rings is 1. The molecule has 0 aliphatic heterocycles. The van der Waals surface area contributed by atoms with E-state index in [0.29, 0.717) is 19.1 Å². The summed E-state index contributed by atoms with van der Waals surface area (Å²) in [7, 11) is 0. The molecule has 1 aromatic rings. The maximum absolute atomic E-state index is 12.5. The van der Waals surface area contributed by atoms with E-state index >= 15 is 0 Å². The molecule has 1 aliphatic carbocycles. The predicted molar refractivity (Wildman–Crippen MR) is 87.5 cm³/mol. The molecule has 0 heterocycles. The lowest BCUT2D eigenvalue weighted by molar-refractivity contribution is -0.130. The molecule has 2 N–H and O–H groups in total. The van der Waals surface area contributed by atoms with Crippen LogP contribution in [0.2, 0.25) is 0 Å². The van der Waals surface area contributed by atoms with Crippen LogP contribution in [-0.4, -0.2) is 43.0 Å². The highest BCUT2D eigenvalue weighted by Gasteiger charge is 2.31. The molecular weight excluding hydrogens is 262 g/mol. The van der Waals surface area contributed by atoms with E-state index in [-0.39, 0.29) is 5.91 Å². The predicted octanol–water partition coefficient (Wildman–Crippen LogP) is 2.16. The topological polar surface area (TPSA) is 49.6 Å². The first-order chi connectivity index (χ1) is 10.2. The van der Waals surface area contributed by atoms with Gasteiger partial charge in [-0.3, -0.25) is 4.79 Å². The number of aryl methyl sites for hydroxylation is 1. The van der Waals surface area contributed by atoms with E-state index in [0.717, 1.165) is 38.0 Å². The highest BCUT2D eigenvalue weighted by Crippen LogP contribution is 2.27. The largest absolute Gasteiger partial charge is 0.362 e. The zero-order valence-electron chi connectivity index (χ0n) is 13.2. The Morgan fingerprint density at radius 2 is 1.95 bits per heavy atom. The lowest BCUT2D eigenvalue weighted by Gasteiger charge is -2.28. The summed E-state index contributed by atoms with van der Waals surface area (Å²) in [4.78, 5) is 16.7. The van der Waals surface area contributed by atoms with Gasteiger partial charge in [0.1, 0.15) is 0 Å². The second kappa shape index (κ2) is 7.46. The lowest BCUT2D eigenvalue weighted by atomic mass is 10.2. The summed E-state index contributed by atoms with van der Waals surface area (Å²) in [6.45, 7) is 6.87. The molecule has 4 heteroatoms. The maximum Gasteiger partial charge on any atom is 0.242 e. The van der Waals surface area contributed by atoms with Crippen molar-refractivity contribution in [3.05, 3.63) is 29.8 Å². The van der Waals surface area contributed by atoms with E-state index in [1.54, 1.807) is 0 Å². The van der Waals surface area contributed by atoms with Gasteiger partial charge in [-0.15, -0.1) is 0 Å². The quantitative estimate of drug-likeness (QED) is 0.798. The van der Waals surface area contributed by atoms with Crippen molar-refractivity contribution in [2.75, 3.05) is 31.1 Å². The Balaban J connectivity index is 2.04. The van der Waals surface area contributed by atoms with Gasteiger partial charge in [-0.05, 0) is 51.8 Å². The molecule has 0 radical (unpaired) electrons. The Kier molecular flexibility index (Phi) is 5.62. The first-order valence-electron chi connectivity index (χ1n) is 7.96. The summed E-state index contributed by atoms with van der Waals surface area (Å²) in [5, 5.41) is 0. The molecule has 1 amide bonds. The Morgan fingerprint density at radius 3 is 2.48 bits per heavy atom. The van der Waals surface area contributed by atoms with Gasteiger partial charge in [-0.1, -0.05) is 17.7 Å². The number of nitrogens with zero attached hydrogens (tertiary/aromatic N) is 2. The minimum Gasteiger partial charge on any atom is -0.362 e. The van der Waals surface area contributed by atoms with Gasteiger partial charge in [0.05, 0.1) is 6.54 Å². The van der Waals surface area contributed by atoms with Crippen LogP contribution in [0, 0.1) is 6.92 Å². The van der Waals surface area contributed by atoms with E-state index in [1.165, 1.54) is 5.56 Å². The molecule has 4 nitrogen and oxygen atoms in total. The number of carbonyl (C=O) groups excluding carboxylic acids is 1. The summed E-state index contributed by atoms with van der Waals surface area (Å²) in [5.41, 5.74) is 7.97. The number of likely N-dealkylation sites (N-methyl/N-ethyl adjacent to an activating group) is 1. The monoisotopic (exact) mass is 289 g/mol. The standard InChI is InChI=1S/C17H27N3O/c1-3-20(16-9-10-16)17(21)13-19(12-4-11-18)15-7-5-14(2)6-8-15/h5-8,16H,3-4,9-13,18H2,1-2H3. The second-order valence-corrected chi connectivity index (χ2v) is 5.81. The van der Waals surface area contributed by atoms with E-state index < -0.39 is 0 Å². The third kappa shape index (κ3) is 4.46. The van der Waals surface area contributed by atoms with Crippen LogP contribution in [0.15, 0.2) is 24.3 Å². The lowest BCUT2D eigenvalue weighted by Crippen LogP contribution is -2.42. The fraction of sp³-hybridized carbons (Fsp3) is 0.588. The summed E-state index contributed by atoms with van der Waals surface area (Å²) >= 11 is 0. The number of amides is 1. The zero-order chi connectivity index (χ0) is 15.2. The first-order valence-corrected chi connectivity index (χ1v) is 7.96. The minimum atomic E-state index is 0.234. The molecule has 0 spiro atoms. The van der Waals surface area contributed by atoms with Gasteiger partial charge in [-0.25, -0.2) is 0 Å². The third-order valence-corrected chi connectivity index (χ3v) is 4.01. The maximum atomic E-state index is 12.5. The van der Waals surface area contributed by atoms with Gasteiger partial charge >= 0.3 is 0 Å². The van der Waals surface area contributed by atoms with E-state index in [9.17, 15) is 4.79 Å². The van der Waals surface area contributed by atoms with E-state index in [2.05, 4.69) is 43.0 Å². The van der Waals surface area contributed by atoms with Crippen LogP contribution >= 0.6 is 0 Å². The van der Waals surface area contributed by atoms with Crippen molar-refractivity contribution in [2.45, 2.75) is 39.2 Å². The Labute approximate surface area is 127 Å². The van der Waals surface area contributed by atoms with E-state index in [4.69, 9.17) is 5.73 Å². The highest BCUT2D eigenvalue weighted by molar-refractivity contribution is 5.82. The van der Waals surface area contributed by atoms with Crippen molar-refractivity contribution in [3.8, 4) is 0 Å². The van der Waals surface area contributed by atoms with Gasteiger partial charge < -0.3 is 15.5 Å². The normalized spacial score (nSPS) is 14.0. The fourth-order valence-corrected chi connectivity index (χ4v) is 2.62. The molecule has 1 aromatic carbocycles. The number of carbonyl (C=O) groups is 1. The molecule has 1 fully saturated rings. The highest BCUT2D eigenvalue weighted by atomic mass is 16.2. The summed E-state index contributed by atoms with van der Waals surface area (Å²) in [6, 6.07) is 8.84. The molecular formula is C17H27N3O. The van der Waals surface area contributed by atoms with Crippen LogP contribution in [0.25, 0.3) is 0 Å². The molecule has 0 unspecified atom stereocenters. The molecule has 0 bridgehead atoms. The molecule has 21 heavy (non-hydrogen) atoms. The van der Waals surface area contributed by atoms with Crippen molar-refractivity contribution >= 4 is 11.6 Å². The average molecular weight is 289 g/mol. The van der Waals surface area contributed by atoms with Crippen LogP contribution in [-0.2, 0) is 4.79 Å². The van der Waals surface area contributed by atoms with Crippen molar-refractivity contribution in [1.82, 2.24) is 4.90 Å². The van der Waals surface area contributed by atoms with Crippen molar-refractivity contribution < 1.29 is 4.79 Å². The Morgan fingerprint density at radius 1 is 1.29 bits per heavy atom. The number of nitrogens with two attached hydrogens (primary N) is 1. The number of rotatable bonds is 8. The molecule has 0 atom stereocenters. The molecule has 1 saturated carbocycles. The zero-order valence-corrected chi connectivity index (χ0v) is 13.2. The van der Waals surface area contributed by atoms with Crippen molar-refractivity contribution in [2.24, 2.45) is 5.73 Å². The van der Waals surface area contributed by atoms with Gasteiger partial charge in [0.25, 0.3) is 0 Å². The number of hydrogen-bond acceptors (Lipinski definition) is 3. The van der Waals surface area contributed by atoms with Crippen molar-refractivity contribution in [3.63, 3.8) is 0 Å².